The summed E-state index contributed by atoms with van der Waals surface area (Å²) in [5.74, 6) is -3.27. The van der Waals surface area contributed by atoms with Crippen molar-refractivity contribution in [2.75, 3.05) is 11.9 Å². The molecule has 0 aromatic carbocycles. The van der Waals surface area contributed by atoms with Gasteiger partial charge in [0, 0.05) is 22.7 Å². The molecule has 1 N–H and O–H groups in total. The zero-order chi connectivity index (χ0) is 19.4. The molecule has 0 spiro atoms. The highest BCUT2D eigenvalue weighted by Crippen LogP contribution is 2.39. The topological polar surface area (TPSA) is 95.5 Å². The third-order valence-electron chi connectivity index (χ3n) is 5.54. The quantitative estimate of drug-likeness (QED) is 0.614. The molecule has 1 aromatic heterocycles. The van der Waals surface area contributed by atoms with Gasteiger partial charge in [0.2, 0.25) is 5.91 Å². The van der Waals surface area contributed by atoms with Crippen LogP contribution in [0.15, 0.2) is 0 Å². The van der Waals surface area contributed by atoms with Gasteiger partial charge in [-0.3, -0.25) is 4.79 Å². The molecule has 27 heavy (non-hydrogen) atoms. The fourth-order valence-electron chi connectivity index (χ4n) is 4.18. The number of hydrogen-bond acceptors (Lipinski definition) is 6. The summed E-state index contributed by atoms with van der Waals surface area (Å²) in [6.07, 6.45) is 7.53. The van der Waals surface area contributed by atoms with Gasteiger partial charge in [-0.05, 0) is 51.0 Å². The zero-order valence-electron chi connectivity index (χ0n) is 15.7. The molecule has 0 aliphatic heterocycles. The smallest absolute Gasteiger partial charge is 0.341 e. The second-order valence-electron chi connectivity index (χ2n) is 7.29. The lowest BCUT2D eigenvalue weighted by Crippen LogP contribution is -2.42. The van der Waals surface area contributed by atoms with E-state index >= 15 is 0 Å². The molecule has 2 atom stereocenters. The Kier molecular flexibility index (Phi) is 6.52. The van der Waals surface area contributed by atoms with E-state index in [0.717, 1.165) is 55.4 Å². The van der Waals surface area contributed by atoms with Crippen molar-refractivity contribution < 1.29 is 24.2 Å². The number of aliphatic carboxylic acids is 1. The number of fused-ring (bicyclic) bond motifs is 1. The molecule has 2 aliphatic rings. The van der Waals surface area contributed by atoms with Crippen molar-refractivity contribution in [3.63, 3.8) is 0 Å². The third kappa shape index (κ3) is 4.34. The Labute approximate surface area is 163 Å². The highest BCUT2D eigenvalue weighted by atomic mass is 32.1. The van der Waals surface area contributed by atoms with Crippen LogP contribution in [0, 0.1) is 11.8 Å². The van der Waals surface area contributed by atoms with Crippen LogP contribution in [-0.2, 0) is 27.2 Å². The molecule has 3 rings (SSSR count). The van der Waals surface area contributed by atoms with Crippen molar-refractivity contribution >= 4 is 34.2 Å². The number of rotatable bonds is 5. The fraction of sp³-hybridized carbons (Fsp3) is 0.650. The maximum atomic E-state index is 12.8. The van der Waals surface area contributed by atoms with Crippen molar-refractivity contribution in [3.8, 4) is 0 Å². The second-order valence-corrected chi connectivity index (χ2v) is 8.40. The number of aryl methyl sites for hydroxylation is 1. The molecular weight excluding hydrogens is 366 g/mol. The van der Waals surface area contributed by atoms with Crippen LogP contribution < -0.4 is 10.4 Å². The third-order valence-corrected chi connectivity index (χ3v) is 6.75. The number of carboxylic acid groups (broad SMARTS) is 1. The Morgan fingerprint density at radius 3 is 2.48 bits per heavy atom. The molecule has 1 heterocycles. The van der Waals surface area contributed by atoms with Crippen molar-refractivity contribution in [1.82, 2.24) is 0 Å². The van der Waals surface area contributed by atoms with Crippen LogP contribution in [0.1, 0.15) is 72.7 Å². The van der Waals surface area contributed by atoms with E-state index < -0.39 is 23.8 Å². The van der Waals surface area contributed by atoms with Crippen LogP contribution >= 0.6 is 11.3 Å². The second kappa shape index (κ2) is 8.87. The highest BCUT2D eigenvalue weighted by molar-refractivity contribution is 7.17. The van der Waals surface area contributed by atoms with E-state index in [-0.39, 0.29) is 12.5 Å². The maximum absolute atomic E-state index is 12.8. The van der Waals surface area contributed by atoms with E-state index in [1.165, 1.54) is 11.3 Å². The SMILES string of the molecule is CCOC(=O)c1c(NC(=O)[C@@H]2CCCC[C@H]2C(=O)[O-])sc2c1CCCCC2. The van der Waals surface area contributed by atoms with E-state index in [1.54, 1.807) is 6.92 Å². The average molecular weight is 392 g/mol. The van der Waals surface area contributed by atoms with E-state index in [9.17, 15) is 19.5 Å². The standard InChI is InChI=1S/C20H27NO5S/c1-2-26-20(25)16-14-10-4-3-5-11-15(14)27-18(16)21-17(22)12-8-6-7-9-13(12)19(23)24/h12-13H,2-11H2,1H3,(H,21,22)(H,23,24)/p-1/t12-,13-/m1/s1. The summed E-state index contributed by atoms with van der Waals surface area (Å²) in [6.45, 7) is 2.03. The molecule has 1 fully saturated rings. The van der Waals surface area contributed by atoms with Crippen LogP contribution in [0.25, 0.3) is 0 Å². The molecule has 148 valence electrons. The number of carboxylic acids is 1. The first kappa shape index (κ1) is 19.9. The predicted molar refractivity (Wildman–Crippen MR) is 101 cm³/mol. The first-order valence-electron chi connectivity index (χ1n) is 9.86. The normalized spacial score (nSPS) is 22.4. The number of amides is 1. The Balaban J connectivity index is 1.88. The van der Waals surface area contributed by atoms with E-state index in [1.807, 2.05) is 0 Å². The van der Waals surface area contributed by atoms with Gasteiger partial charge in [-0.1, -0.05) is 19.3 Å². The predicted octanol–water partition coefficient (Wildman–Crippen LogP) is 2.69. The summed E-state index contributed by atoms with van der Waals surface area (Å²) in [6, 6.07) is 0. The molecular formula is C20H26NO5S-. The summed E-state index contributed by atoms with van der Waals surface area (Å²) >= 11 is 1.44. The van der Waals surface area contributed by atoms with E-state index in [2.05, 4.69) is 5.32 Å². The van der Waals surface area contributed by atoms with Gasteiger partial charge in [0.1, 0.15) is 5.00 Å². The Bertz CT molecular complexity index is 726. The monoisotopic (exact) mass is 392 g/mol. The van der Waals surface area contributed by atoms with Gasteiger partial charge in [-0.25, -0.2) is 4.79 Å². The van der Waals surface area contributed by atoms with E-state index in [0.29, 0.717) is 23.4 Å². The minimum Gasteiger partial charge on any atom is -0.550 e. The fourth-order valence-corrected chi connectivity index (χ4v) is 5.46. The molecule has 2 aliphatic carbocycles. The largest absolute Gasteiger partial charge is 0.550 e. The highest BCUT2D eigenvalue weighted by Gasteiger charge is 2.34. The molecule has 7 heteroatoms. The number of carbonyl (C=O) groups is 3. The first-order chi connectivity index (χ1) is 13.0. The summed E-state index contributed by atoms with van der Waals surface area (Å²) in [5, 5.41) is 14.8. The number of nitrogens with one attached hydrogen (secondary N) is 1. The Morgan fingerprint density at radius 2 is 1.78 bits per heavy atom. The summed E-state index contributed by atoms with van der Waals surface area (Å²) in [4.78, 5) is 38.0. The number of carbonyl (C=O) groups excluding carboxylic acids is 3. The lowest BCUT2D eigenvalue weighted by Gasteiger charge is -2.31. The molecule has 0 saturated heterocycles. The van der Waals surface area contributed by atoms with Gasteiger partial charge in [0.15, 0.2) is 0 Å². The molecule has 6 nitrogen and oxygen atoms in total. The molecule has 1 aromatic rings. The molecule has 0 radical (unpaired) electrons. The Hall–Kier alpha value is -1.89. The lowest BCUT2D eigenvalue weighted by molar-refractivity contribution is -0.313. The average Bonchev–Trinajstić information content (AvgIpc) is 2.82. The minimum atomic E-state index is -1.16. The van der Waals surface area contributed by atoms with Gasteiger partial charge in [-0.15, -0.1) is 11.3 Å². The van der Waals surface area contributed by atoms with Crippen molar-refractivity contribution in [1.29, 1.82) is 0 Å². The van der Waals surface area contributed by atoms with Gasteiger partial charge in [0.05, 0.1) is 12.2 Å². The van der Waals surface area contributed by atoms with Crippen LogP contribution in [0.2, 0.25) is 0 Å². The first-order valence-corrected chi connectivity index (χ1v) is 10.7. The molecule has 0 unspecified atom stereocenters. The van der Waals surface area contributed by atoms with Crippen molar-refractivity contribution in [2.24, 2.45) is 11.8 Å². The van der Waals surface area contributed by atoms with Gasteiger partial charge in [-0.2, -0.15) is 0 Å². The molecule has 1 saturated carbocycles. The number of ether oxygens (including phenoxy) is 1. The van der Waals surface area contributed by atoms with Crippen LogP contribution in [-0.4, -0.2) is 24.5 Å². The zero-order valence-corrected chi connectivity index (χ0v) is 16.5. The summed E-state index contributed by atoms with van der Waals surface area (Å²) in [5.41, 5.74) is 1.46. The number of esters is 1. The number of hydrogen-bond donors (Lipinski definition) is 1. The maximum Gasteiger partial charge on any atom is 0.341 e. The number of thiophene rings is 1. The van der Waals surface area contributed by atoms with Crippen molar-refractivity contribution in [3.05, 3.63) is 16.0 Å². The number of anilines is 1. The Morgan fingerprint density at radius 1 is 1.07 bits per heavy atom. The van der Waals surface area contributed by atoms with Crippen LogP contribution in [0.3, 0.4) is 0 Å². The van der Waals surface area contributed by atoms with Crippen LogP contribution in [0.4, 0.5) is 5.00 Å². The minimum absolute atomic E-state index is 0.270. The van der Waals surface area contributed by atoms with Crippen LogP contribution in [0.5, 0.6) is 0 Å². The summed E-state index contributed by atoms with van der Waals surface area (Å²) < 4.78 is 5.23. The molecule has 1 amide bonds. The summed E-state index contributed by atoms with van der Waals surface area (Å²) in [7, 11) is 0. The lowest BCUT2D eigenvalue weighted by atomic mass is 9.79. The van der Waals surface area contributed by atoms with E-state index in [4.69, 9.17) is 4.74 Å². The van der Waals surface area contributed by atoms with Gasteiger partial charge in [0.25, 0.3) is 0 Å². The van der Waals surface area contributed by atoms with Gasteiger partial charge < -0.3 is 20.0 Å². The van der Waals surface area contributed by atoms with Crippen molar-refractivity contribution in [2.45, 2.75) is 64.7 Å². The van der Waals surface area contributed by atoms with Gasteiger partial charge >= 0.3 is 5.97 Å². The molecule has 0 bridgehead atoms.